The lowest BCUT2D eigenvalue weighted by Gasteiger charge is -2.20. The Morgan fingerprint density at radius 2 is 2.00 bits per heavy atom. The van der Waals surface area contributed by atoms with Crippen molar-refractivity contribution in [1.82, 2.24) is 10.3 Å². The van der Waals surface area contributed by atoms with Crippen LogP contribution in [0.1, 0.15) is 12.5 Å². The lowest BCUT2D eigenvalue weighted by Crippen LogP contribution is -2.44. The van der Waals surface area contributed by atoms with E-state index in [4.69, 9.17) is 32.7 Å². The highest BCUT2D eigenvalue weighted by Gasteiger charge is 2.24. The number of halogens is 2. The third-order valence-corrected chi connectivity index (χ3v) is 3.00. The molecule has 7 heteroatoms. The standard InChI is InChI=1S/C12H16Cl2N2O3/c1-7(18-3)11(15-2)12(17)19-6-8-4-9(13)16-10(14)5-8/h4-5,7,11,15H,6H2,1-3H3/t7-,11-/m0/s1. The fourth-order valence-electron chi connectivity index (χ4n) is 1.52. The normalized spacial score (nSPS) is 13.9. The molecule has 0 saturated carbocycles. The van der Waals surface area contributed by atoms with E-state index in [9.17, 15) is 4.79 Å². The minimum Gasteiger partial charge on any atom is -0.460 e. The maximum absolute atomic E-state index is 11.9. The highest BCUT2D eigenvalue weighted by molar-refractivity contribution is 6.32. The molecule has 0 spiro atoms. The molecule has 0 radical (unpaired) electrons. The van der Waals surface area contributed by atoms with Crippen molar-refractivity contribution in [2.75, 3.05) is 14.2 Å². The van der Waals surface area contributed by atoms with Crippen molar-refractivity contribution >= 4 is 29.2 Å². The number of methoxy groups -OCH3 is 1. The van der Waals surface area contributed by atoms with Crippen LogP contribution in [0.4, 0.5) is 0 Å². The average Bonchev–Trinajstić information content (AvgIpc) is 2.35. The van der Waals surface area contributed by atoms with Crippen LogP contribution in [0.2, 0.25) is 10.3 Å². The summed E-state index contributed by atoms with van der Waals surface area (Å²) in [7, 11) is 3.20. The van der Waals surface area contributed by atoms with Crippen molar-refractivity contribution in [2.45, 2.75) is 25.7 Å². The second-order valence-corrected chi connectivity index (χ2v) is 4.71. The van der Waals surface area contributed by atoms with Crippen LogP contribution < -0.4 is 5.32 Å². The van der Waals surface area contributed by atoms with Gasteiger partial charge in [0.2, 0.25) is 0 Å². The maximum atomic E-state index is 11.9. The predicted molar refractivity (Wildman–Crippen MR) is 73.4 cm³/mol. The number of nitrogens with one attached hydrogen (secondary N) is 1. The van der Waals surface area contributed by atoms with E-state index in [0.717, 1.165) is 0 Å². The molecule has 19 heavy (non-hydrogen) atoms. The van der Waals surface area contributed by atoms with Gasteiger partial charge in [0.05, 0.1) is 6.10 Å². The summed E-state index contributed by atoms with van der Waals surface area (Å²) in [5.41, 5.74) is 0.679. The van der Waals surface area contributed by atoms with Gasteiger partial charge in [0.25, 0.3) is 0 Å². The van der Waals surface area contributed by atoms with Gasteiger partial charge in [-0.2, -0.15) is 0 Å². The van der Waals surface area contributed by atoms with Crippen LogP contribution >= 0.6 is 23.2 Å². The Morgan fingerprint density at radius 3 is 2.47 bits per heavy atom. The molecular formula is C12H16Cl2N2O3. The van der Waals surface area contributed by atoms with E-state index in [-0.39, 0.29) is 23.0 Å². The molecule has 0 saturated heterocycles. The number of likely N-dealkylation sites (N-methyl/N-ethyl adjacent to an activating group) is 1. The fraction of sp³-hybridized carbons (Fsp3) is 0.500. The van der Waals surface area contributed by atoms with E-state index in [0.29, 0.717) is 5.56 Å². The molecule has 0 bridgehead atoms. The molecule has 1 N–H and O–H groups in total. The first kappa shape index (κ1) is 16.2. The monoisotopic (exact) mass is 306 g/mol. The zero-order valence-corrected chi connectivity index (χ0v) is 12.5. The van der Waals surface area contributed by atoms with Crippen molar-refractivity contribution in [3.05, 3.63) is 28.0 Å². The van der Waals surface area contributed by atoms with Gasteiger partial charge in [0.1, 0.15) is 23.0 Å². The van der Waals surface area contributed by atoms with Gasteiger partial charge in [-0.15, -0.1) is 0 Å². The smallest absolute Gasteiger partial charge is 0.326 e. The van der Waals surface area contributed by atoms with Crippen LogP contribution in [-0.4, -0.2) is 37.3 Å². The lowest BCUT2D eigenvalue weighted by molar-refractivity contribution is -0.150. The quantitative estimate of drug-likeness (QED) is 0.644. The van der Waals surface area contributed by atoms with E-state index in [1.165, 1.54) is 7.11 Å². The third-order valence-electron chi connectivity index (χ3n) is 2.61. The van der Waals surface area contributed by atoms with Gasteiger partial charge in [-0.05, 0) is 31.7 Å². The number of carbonyl (C=O) groups is 1. The summed E-state index contributed by atoms with van der Waals surface area (Å²) in [4.78, 5) is 15.7. The van der Waals surface area contributed by atoms with Gasteiger partial charge in [0.15, 0.2) is 0 Å². The molecule has 1 heterocycles. The largest absolute Gasteiger partial charge is 0.460 e. The number of rotatable bonds is 6. The summed E-state index contributed by atoms with van der Waals surface area (Å²) in [6.45, 7) is 1.86. The third kappa shape index (κ3) is 4.95. The molecular weight excluding hydrogens is 291 g/mol. The lowest BCUT2D eigenvalue weighted by atomic mass is 10.2. The number of hydrogen-bond acceptors (Lipinski definition) is 5. The van der Waals surface area contributed by atoms with Gasteiger partial charge in [-0.25, -0.2) is 4.98 Å². The molecule has 5 nitrogen and oxygen atoms in total. The minimum atomic E-state index is -0.530. The number of hydrogen-bond donors (Lipinski definition) is 1. The molecule has 106 valence electrons. The molecule has 1 aromatic rings. The molecule has 0 unspecified atom stereocenters. The zero-order valence-electron chi connectivity index (χ0n) is 10.9. The summed E-state index contributed by atoms with van der Waals surface area (Å²) >= 11 is 11.5. The molecule has 0 amide bonds. The summed E-state index contributed by atoms with van der Waals surface area (Å²) in [6.07, 6.45) is -0.290. The summed E-state index contributed by atoms with van der Waals surface area (Å²) < 4.78 is 10.3. The summed E-state index contributed by atoms with van der Waals surface area (Å²) in [5.74, 6) is -0.402. The van der Waals surface area contributed by atoms with Crippen molar-refractivity contribution in [3.63, 3.8) is 0 Å². The number of carbonyl (C=O) groups excluding carboxylic acids is 1. The number of aromatic nitrogens is 1. The molecule has 0 aliphatic carbocycles. The number of nitrogens with zero attached hydrogens (tertiary/aromatic N) is 1. The van der Waals surface area contributed by atoms with Crippen LogP contribution in [0.3, 0.4) is 0 Å². The first-order valence-electron chi connectivity index (χ1n) is 5.66. The first-order valence-corrected chi connectivity index (χ1v) is 6.42. The van der Waals surface area contributed by atoms with Crippen molar-refractivity contribution < 1.29 is 14.3 Å². The number of pyridine rings is 1. The Morgan fingerprint density at radius 1 is 1.42 bits per heavy atom. The molecule has 1 rings (SSSR count). The van der Waals surface area contributed by atoms with E-state index < -0.39 is 12.0 Å². The van der Waals surface area contributed by atoms with Crippen molar-refractivity contribution in [1.29, 1.82) is 0 Å². The molecule has 2 atom stereocenters. The Bertz CT molecular complexity index is 423. The van der Waals surface area contributed by atoms with Crippen LogP contribution in [0.25, 0.3) is 0 Å². The van der Waals surface area contributed by atoms with E-state index >= 15 is 0 Å². The topological polar surface area (TPSA) is 60.5 Å². The van der Waals surface area contributed by atoms with Gasteiger partial charge < -0.3 is 14.8 Å². The van der Waals surface area contributed by atoms with E-state index in [1.807, 2.05) is 0 Å². The molecule has 0 aromatic carbocycles. The highest BCUT2D eigenvalue weighted by atomic mass is 35.5. The zero-order chi connectivity index (χ0) is 14.4. The highest BCUT2D eigenvalue weighted by Crippen LogP contribution is 2.15. The van der Waals surface area contributed by atoms with E-state index in [2.05, 4.69) is 10.3 Å². The number of esters is 1. The van der Waals surface area contributed by atoms with Crippen LogP contribution in [-0.2, 0) is 20.9 Å². The van der Waals surface area contributed by atoms with Gasteiger partial charge in [0, 0.05) is 7.11 Å². The van der Waals surface area contributed by atoms with Crippen LogP contribution in [0, 0.1) is 0 Å². The Hall–Kier alpha value is -0.880. The van der Waals surface area contributed by atoms with Crippen LogP contribution in [0.15, 0.2) is 12.1 Å². The summed E-state index contributed by atoms with van der Waals surface area (Å²) in [5, 5.41) is 3.36. The number of ether oxygens (including phenoxy) is 2. The predicted octanol–water partition coefficient (Wildman–Crippen LogP) is 2.05. The van der Waals surface area contributed by atoms with Gasteiger partial charge >= 0.3 is 5.97 Å². The van der Waals surface area contributed by atoms with Crippen LogP contribution in [0.5, 0.6) is 0 Å². The van der Waals surface area contributed by atoms with E-state index in [1.54, 1.807) is 26.1 Å². The van der Waals surface area contributed by atoms with Gasteiger partial charge in [-0.1, -0.05) is 23.2 Å². The summed E-state index contributed by atoms with van der Waals surface area (Å²) in [6, 6.07) is 2.65. The molecule has 0 fully saturated rings. The minimum absolute atomic E-state index is 0.0788. The Labute approximate surface area is 122 Å². The Balaban J connectivity index is 2.62. The molecule has 1 aromatic heterocycles. The maximum Gasteiger partial charge on any atom is 0.326 e. The Kier molecular flexibility index (Phi) is 6.51. The molecule has 0 aliphatic rings. The second-order valence-electron chi connectivity index (χ2n) is 3.94. The van der Waals surface area contributed by atoms with Crippen molar-refractivity contribution in [3.8, 4) is 0 Å². The SMILES string of the molecule is CN[C@H](C(=O)OCc1cc(Cl)nc(Cl)c1)[C@H](C)OC. The first-order chi connectivity index (χ1) is 8.97. The van der Waals surface area contributed by atoms with Gasteiger partial charge in [-0.3, -0.25) is 4.79 Å². The fourth-order valence-corrected chi connectivity index (χ4v) is 2.03. The average molecular weight is 307 g/mol. The van der Waals surface area contributed by atoms with Crippen molar-refractivity contribution in [2.24, 2.45) is 0 Å². The second kappa shape index (κ2) is 7.65. The molecule has 0 aliphatic heterocycles.